The molecule has 0 fully saturated rings. The first-order valence-electron chi connectivity index (χ1n) is 6.39. The average Bonchev–Trinajstić information content (AvgIpc) is 2.94. The lowest BCUT2D eigenvalue weighted by Gasteiger charge is -2.10. The normalized spacial score (nSPS) is 13.9. The Bertz CT molecular complexity index is 809. The van der Waals surface area contributed by atoms with Gasteiger partial charge in [0.05, 0.1) is 36.9 Å². The van der Waals surface area contributed by atoms with Crippen molar-refractivity contribution in [2.45, 2.75) is 20.4 Å². The summed E-state index contributed by atoms with van der Waals surface area (Å²) in [6.07, 6.45) is 0. The van der Waals surface area contributed by atoms with Crippen LogP contribution < -0.4 is 0 Å². The maximum Gasteiger partial charge on any atom is 0.263 e. The number of nitrogens with zero attached hydrogens (tertiary/aromatic N) is 2. The molecule has 2 heterocycles. The summed E-state index contributed by atoms with van der Waals surface area (Å²) in [4.78, 5) is 30.2. The van der Waals surface area contributed by atoms with Gasteiger partial charge >= 0.3 is 0 Å². The van der Waals surface area contributed by atoms with Crippen LogP contribution in [0.15, 0.2) is 4.42 Å². The first-order chi connectivity index (χ1) is 10.7. The standard InChI is InChI=1S/C14H8Cl4N2O3/c1-4-5(2)23-6(19-4)3-20-13(21)7-8(14(20)22)10(16)12(18)11(17)9(7)15/h3H2,1-2H3. The van der Waals surface area contributed by atoms with Crippen LogP contribution in [-0.2, 0) is 6.54 Å². The third-order valence-electron chi connectivity index (χ3n) is 3.55. The second-order valence-corrected chi connectivity index (χ2v) is 6.46. The van der Waals surface area contributed by atoms with Gasteiger partial charge in [0.1, 0.15) is 12.3 Å². The number of fused-ring (bicyclic) bond motifs is 1. The van der Waals surface area contributed by atoms with Gasteiger partial charge in [-0.15, -0.1) is 0 Å². The fraction of sp³-hybridized carbons (Fsp3) is 0.214. The van der Waals surface area contributed by atoms with Gasteiger partial charge in [0.15, 0.2) is 0 Å². The number of oxazole rings is 1. The van der Waals surface area contributed by atoms with Gasteiger partial charge in [0.2, 0.25) is 5.89 Å². The zero-order valence-electron chi connectivity index (χ0n) is 11.8. The molecule has 3 rings (SSSR count). The molecule has 0 N–H and O–H groups in total. The third-order valence-corrected chi connectivity index (χ3v) is 5.35. The van der Waals surface area contributed by atoms with E-state index in [0.29, 0.717) is 11.5 Å². The van der Waals surface area contributed by atoms with Crippen LogP contribution in [0.25, 0.3) is 0 Å². The Balaban J connectivity index is 2.07. The molecule has 0 bridgehead atoms. The Kier molecular flexibility index (Phi) is 4.09. The fourth-order valence-corrected chi connectivity index (χ4v) is 3.30. The van der Waals surface area contributed by atoms with Gasteiger partial charge in [-0.1, -0.05) is 46.4 Å². The zero-order valence-corrected chi connectivity index (χ0v) is 14.9. The van der Waals surface area contributed by atoms with Crippen molar-refractivity contribution in [1.29, 1.82) is 0 Å². The highest BCUT2D eigenvalue weighted by Crippen LogP contribution is 2.45. The van der Waals surface area contributed by atoms with E-state index >= 15 is 0 Å². The largest absolute Gasteiger partial charge is 0.444 e. The number of aryl methyl sites for hydroxylation is 2. The fourth-order valence-electron chi connectivity index (χ4n) is 2.28. The van der Waals surface area contributed by atoms with Crippen LogP contribution in [0.3, 0.4) is 0 Å². The molecule has 120 valence electrons. The van der Waals surface area contributed by atoms with E-state index in [1.165, 1.54) is 0 Å². The van der Waals surface area contributed by atoms with Crippen molar-refractivity contribution in [2.75, 3.05) is 0 Å². The van der Waals surface area contributed by atoms with Crippen LogP contribution in [0.4, 0.5) is 0 Å². The molecule has 0 aliphatic carbocycles. The number of amides is 2. The molecule has 1 aromatic heterocycles. The van der Waals surface area contributed by atoms with Crippen LogP contribution in [0.1, 0.15) is 38.1 Å². The summed E-state index contributed by atoms with van der Waals surface area (Å²) in [5.74, 6) is -0.398. The summed E-state index contributed by atoms with van der Waals surface area (Å²) < 4.78 is 5.40. The number of hydrogen-bond donors (Lipinski definition) is 0. The highest BCUT2D eigenvalue weighted by molar-refractivity contribution is 6.55. The Morgan fingerprint density at radius 2 is 1.39 bits per heavy atom. The van der Waals surface area contributed by atoms with Crippen LogP contribution in [0.5, 0.6) is 0 Å². The molecule has 2 aromatic rings. The number of halogens is 4. The summed E-state index contributed by atoms with van der Waals surface area (Å²) in [6, 6.07) is 0. The van der Waals surface area contributed by atoms with E-state index in [4.69, 9.17) is 50.8 Å². The van der Waals surface area contributed by atoms with E-state index < -0.39 is 11.8 Å². The van der Waals surface area contributed by atoms with Crippen molar-refractivity contribution in [3.63, 3.8) is 0 Å². The van der Waals surface area contributed by atoms with Crippen molar-refractivity contribution in [2.24, 2.45) is 0 Å². The minimum Gasteiger partial charge on any atom is -0.444 e. The number of hydrogen-bond acceptors (Lipinski definition) is 4. The number of aromatic nitrogens is 1. The highest BCUT2D eigenvalue weighted by atomic mass is 35.5. The van der Waals surface area contributed by atoms with Gasteiger partial charge in [-0.25, -0.2) is 4.98 Å². The Morgan fingerprint density at radius 3 is 1.78 bits per heavy atom. The van der Waals surface area contributed by atoms with E-state index in [-0.39, 0.29) is 43.7 Å². The van der Waals surface area contributed by atoms with Gasteiger partial charge in [-0.3, -0.25) is 14.5 Å². The molecule has 0 unspecified atom stereocenters. The van der Waals surface area contributed by atoms with Crippen LogP contribution in [0.2, 0.25) is 20.1 Å². The molecule has 0 radical (unpaired) electrons. The molecule has 2 amide bonds. The molecule has 5 nitrogen and oxygen atoms in total. The smallest absolute Gasteiger partial charge is 0.263 e. The maximum absolute atomic E-state index is 12.5. The molecule has 9 heteroatoms. The molecule has 0 spiro atoms. The van der Waals surface area contributed by atoms with Crippen LogP contribution in [0, 0.1) is 13.8 Å². The summed E-state index contributed by atoms with van der Waals surface area (Å²) in [5.41, 5.74) is 0.561. The van der Waals surface area contributed by atoms with Gasteiger partial charge in [0.25, 0.3) is 11.8 Å². The molecular weight excluding hydrogens is 386 g/mol. The monoisotopic (exact) mass is 392 g/mol. The minimum absolute atomic E-state index is 0.0592. The summed E-state index contributed by atoms with van der Waals surface area (Å²) >= 11 is 24.0. The van der Waals surface area contributed by atoms with Crippen molar-refractivity contribution in [1.82, 2.24) is 9.88 Å². The molecule has 1 aromatic carbocycles. The minimum atomic E-state index is -0.621. The lowest BCUT2D eigenvalue weighted by atomic mass is 10.1. The number of imide groups is 1. The van der Waals surface area contributed by atoms with Crippen molar-refractivity contribution < 1.29 is 14.0 Å². The number of carbonyl (C=O) groups excluding carboxylic acids is 2. The summed E-state index contributed by atoms with van der Waals surface area (Å²) in [5, 5.41) is -0.334. The van der Waals surface area contributed by atoms with E-state index in [1.807, 2.05) is 0 Å². The maximum atomic E-state index is 12.5. The average molecular weight is 394 g/mol. The Morgan fingerprint density at radius 1 is 0.913 bits per heavy atom. The third kappa shape index (κ3) is 2.43. The second-order valence-electron chi connectivity index (χ2n) is 4.95. The summed E-state index contributed by atoms with van der Waals surface area (Å²) in [7, 11) is 0. The Hall–Kier alpha value is -1.27. The molecule has 0 atom stereocenters. The first-order valence-corrected chi connectivity index (χ1v) is 7.90. The molecule has 23 heavy (non-hydrogen) atoms. The second kappa shape index (κ2) is 5.67. The molecule has 1 aliphatic rings. The van der Waals surface area contributed by atoms with Gasteiger partial charge in [-0.05, 0) is 13.8 Å². The predicted molar refractivity (Wildman–Crippen MR) is 86.7 cm³/mol. The Labute approximate surface area is 151 Å². The van der Waals surface area contributed by atoms with Crippen molar-refractivity contribution in [3.05, 3.63) is 48.6 Å². The van der Waals surface area contributed by atoms with Crippen molar-refractivity contribution >= 4 is 58.2 Å². The number of benzene rings is 1. The lowest BCUT2D eigenvalue weighted by Crippen LogP contribution is -2.29. The van der Waals surface area contributed by atoms with E-state index in [1.54, 1.807) is 13.8 Å². The van der Waals surface area contributed by atoms with Crippen LogP contribution >= 0.6 is 46.4 Å². The predicted octanol–water partition coefficient (Wildman–Crippen LogP) is 4.70. The number of carbonyl (C=O) groups is 2. The summed E-state index contributed by atoms with van der Waals surface area (Å²) in [6.45, 7) is 3.36. The topological polar surface area (TPSA) is 63.4 Å². The van der Waals surface area contributed by atoms with Gasteiger partial charge < -0.3 is 4.42 Å². The van der Waals surface area contributed by atoms with E-state index in [9.17, 15) is 9.59 Å². The quantitative estimate of drug-likeness (QED) is 0.421. The SMILES string of the molecule is Cc1nc(CN2C(=O)c3c(Cl)c(Cl)c(Cl)c(Cl)c3C2=O)oc1C. The molecule has 0 saturated carbocycles. The molecular formula is C14H8Cl4N2O3. The van der Waals surface area contributed by atoms with E-state index in [2.05, 4.69) is 4.98 Å². The lowest BCUT2D eigenvalue weighted by molar-refractivity contribution is 0.0628. The van der Waals surface area contributed by atoms with Gasteiger partial charge in [0, 0.05) is 0 Å². The van der Waals surface area contributed by atoms with E-state index in [0.717, 1.165) is 4.90 Å². The highest BCUT2D eigenvalue weighted by Gasteiger charge is 2.42. The molecule has 1 aliphatic heterocycles. The molecule has 0 saturated heterocycles. The van der Waals surface area contributed by atoms with Crippen LogP contribution in [-0.4, -0.2) is 21.7 Å². The first kappa shape index (κ1) is 16.6. The zero-order chi connectivity index (χ0) is 17.0. The van der Waals surface area contributed by atoms with Gasteiger partial charge in [-0.2, -0.15) is 0 Å². The van der Waals surface area contributed by atoms with Crippen molar-refractivity contribution in [3.8, 4) is 0 Å². The number of rotatable bonds is 2.